The van der Waals surface area contributed by atoms with Crippen molar-refractivity contribution in [3.8, 4) is 16.9 Å². The third-order valence-electron chi connectivity index (χ3n) is 8.05. The van der Waals surface area contributed by atoms with Gasteiger partial charge in [-0.15, -0.1) is 0 Å². The molecule has 0 aliphatic carbocycles. The monoisotopic (exact) mass is 520 g/mol. The van der Waals surface area contributed by atoms with E-state index in [1.807, 2.05) is 25.1 Å². The molecule has 0 aromatic heterocycles. The smallest absolute Gasteiger partial charge is 0.243 e. The van der Waals surface area contributed by atoms with Crippen LogP contribution in [-0.4, -0.2) is 57.0 Å². The molecule has 0 bridgehead atoms. The Bertz CT molecular complexity index is 1310. The highest BCUT2D eigenvalue weighted by Gasteiger charge is 2.42. The summed E-state index contributed by atoms with van der Waals surface area (Å²) in [7, 11) is -0.0629. The number of rotatable bonds is 10. The average molecular weight is 521 g/mol. The van der Waals surface area contributed by atoms with Crippen molar-refractivity contribution in [2.45, 2.75) is 63.4 Å². The SMILES string of the molecule is COc1ccc(-c2ccc(C3C(C)N(CCCCN(C)S(=O)(=O)c4ccccc4C)C3C)cc2)c(C)c1. The van der Waals surface area contributed by atoms with Gasteiger partial charge in [-0.2, -0.15) is 0 Å². The van der Waals surface area contributed by atoms with Gasteiger partial charge in [0.2, 0.25) is 10.0 Å². The van der Waals surface area contributed by atoms with E-state index < -0.39 is 10.0 Å². The van der Waals surface area contributed by atoms with Gasteiger partial charge in [0.05, 0.1) is 12.0 Å². The molecule has 2 atom stereocenters. The number of methoxy groups -OCH3 is 1. The van der Waals surface area contributed by atoms with Gasteiger partial charge in [0.25, 0.3) is 0 Å². The summed E-state index contributed by atoms with van der Waals surface area (Å²) < 4.78 is 32.7. The second-order valence-electron chi connectivity index (χ2n) is 10.3. The number of hydrogen-bond acceptors (Lipinski definition) is 4. The molecule has 6 heteroatoms. The van der Waals surface area contributed by atoms with E-state index in [1.54, 1.807) is 26.3 Å². The molecule has 4 rings (SSSR count). The fraction of sp³-hybridized carbons (Fsp3) is 0.419. The summed E-state index contributed by atoms with van der Waals surface area (Å²) in [5.74, 6) is 1.39. The number of benzene rings is 3. The molecule has 3 aromatic carbocycles. The van der Waals surface area contributed by atoms with Crippen molar-refractivity contribution < 1.29 is 13.2 Å². The summed E-state index contributed by atoms with van der Waals surface area (Å²) in [5.41, 5.74) is 5.84. The van der Waals surface area contributed by atoms with Crippen LogP contribution in [0.5, 0.6) is 5.75 Å². The zero-order valence-corrected chi connectivity index (χ0v) is 23.8. The summed E-state index contributed by atoms with van der Waals surface area (Å²) in [6.45, 7) is 10.1. The molecule has 0 spiro atoms. The summed E-state index contributed by atoms with van der Waals surface area (Å²) in [6, 6.07) is 23.4. The molecule has 2 unspecified atom stereocenters. The molecule has 1 aliphatic rings. The van der Waals surface area contributed by atoms with E-state index in [2.05, 4.69) is 62.1 Å². The molecule has 1 fully saturated rings. The van der Waals surface area contributed by atoms with Crippen molar-refractivity contribution >= 4 is 10.0 Å². The highest BCUT2D eigenvalue weighted by atomic mass is 32.2. The van der Waals surface area contributed by atoms with Crippen LogP contribution in [0.15, 0.2) is 71.6 Å². The zero-order chi connectivity index (χ0) is 26.7. The molecule has 37 heavy (non-hydrogen) atoms. The van der Waals surface area contributed by atoms with E-state index in [-0.39, 0.29) is 0 Å². The number of likely N-dealkylation sites (tertiary alicyclic amines) is 1. The maximum absolute atomic E-state index is 12.9. The second-order valence-corrected chi connectivity index (χ2v) is 12.4. The van der Waals surface area contributed by atoms with Crippen LogP contribution in [0.4, 0.5) is 0 Å². The number of unbranched alkanes of at least 4 members (excludes halogenated alkanes) is 1. The lowest BCUT2D eigenvalue weighted by atomic mass is 9.76. The van der Waals surface area contributed by atoms with E-state index in [9.17, 15) is 8.42 Å². The van der Waals surface area contributed by atoms with E-state index in [0.717, 1.165) is 30.7 Å². The predicted octanol–water partition coefficient (Wildman–Crippen LogP) is 6.26. The van der Waals surface area contributed by atoms with Crippen molar-refractivity contribution in [1.82, 2.24) is 9.21 Å². The van der Waals surface area contributed by atoms with Crippen LogP contribution in [0.1, 0.15) is 49.3 Å². The topological polar surface area (TPSA) is 49.9 Å². The molecule has 0 amide bonds. The Morgan fingerprint density at radius 3 is 2.19 bits per heavy atom. The van der Waals surface area contributed by atoms with Crippen molar-refractivity contribution in [3.05, 3.63) is 83.4 Å². The lowest BCUT2D eigenvalue weighted by Crippen LogP contribution is -2.59. The van der Waals surface area contributed by atoms with Gasteiger partial charge in [0.1, 0.15) is 5.75 Å². The molecule has 0 N–H and O–H groups in total. The second kappa shape index (κ2) is 11.4. The van der Waals surface area contributed by atoms with Gasteiger partial charge < -0.3 is 4.74 Å². The van der Waals surface area contributed by atoms with Crippen LogP contribution in [-0.2, 0) is 10.0 Å². The first kappa shape index (κ1) is 27.4. The highest BCUT2D eigenvalue weighted by Crippen LogP contribution is 2.41. The fourth-order valence-electron chi connectivity index (χ4n) is 5.78. The number of sulfonamides is 1. The first-order valence-electron chi connectivity index (χ1n) is 13.2. The lowest BCUT2D eigenvalue weighted by Gasteiger charge is -2.53. The normalized spacial score (nSPS) is 20.1. The molecule has 198 valence electrons. The van der Waals surface area contributed by atoms with Gasteiger partial charge in [-0.25, -0.2) is 12.7 Å². The summed E-state index contributed by atoms with van der Waals surface area (Å²) in [4.78, 5) is 2.95. The van der Waals surface area contributed by atoms with E-state index >= 15 is 0 Å². The first-order valence-corrected chi connectivity index (χ1v) is 14.6. The van der Waals surface area contributed by atoms with Crippen molar-refractivity contribution in [2.75, 3.05) is 27.2 Å². The minimum atomic E-state index is -3.44. The molecule has 0 saturated carbocycles. The Labute approximate surface area is 223 Å². The summed E-state index contributed by atoms with van der Waals surface area (Å²) in [5, 5.41) is 0. The third-order valence-corrected chi connectivity index (χ3v) is 10.1. The number of hydrogen-bond donors (Lipinski definition) is 0. The Morgan fingerprint density at radius 1 is 0.892 bits per heavy atom. The highest BCUT2D eigenvalue weighted by molar-refractivity contribution is 7.89. The quantitative estimate of drug-likeness (QED) is 0.296. The lowest BCUT2D eigenvalue weighted by molar-refractivity contribution is 0.00562. The zero-order valence-electron chi connectivity index (χ0n) is 22.9. The van der Waals surface area contributed by atoms with E-state index in [1.165, 1.54) is 26.6 Å². The van der Waals surface area contributed by atoms with Crippen LogP contribution in [0, 0.1) is 13.8 Å². The summed E-state index contributed by atoms with van der Waals surface area (Å²) >= 11 is 0. The van der Waals surface area contributed by atoms with Crippen LogP contribution < -0.4 is 4.74 Å². The minimum absolute atomic E-state index is 0.401. The number of ether oxygens (including phenoxy) is 1. The predicted molar refractivity (Wildman–Crippen MR) is 152 cm³/mol. The van der Waals surface area contributed by atoms with Gasteiger partial charge in [-0.1, -0.05) is 48.5 Å². The maximum atomic E-state index is 12.9. The molecule has 0 radical (unpaired) electrons. The fourth-order valence-corrected chi connectivity index (χ4v) is 7.21. The van der Waals surface area contributed by atoms with Crippen LogP contribution in [0.25, 0.3) is 11.1 Å². The Hall–Kier alpha value is -2.67. The van der Waals surface area contributed by atoms with Gasteiger partial charge in [0.15, 0.2) is 0 Å². The van der Waals surface area contributed by atoms with Gasteiger partial charge in [-0.05, 0) is 93.1 Å². The molecule has 3 aromatic rings. The molecule has 1 aliphatic heterocycles. The number of aryl methyl sites for hydroxylation is 2. The Morgan fingerprint density at radius 2 is 1.57 bits per heavy atom. The summed E-state index contributed by atoms with van der Waals surface area (Å²) in [6.07, 6.45) is 1.82. The van der Waals surface area contributed by atoms with Crippen LogP contribution in [0.3, 0.4) is 0 Å². The molecular weight excluding hydrogens is 480 g/mol. The molecular formula is C31H40N2O3S. The van der Waals surface area contributed by atoms with Gasteiger partial charge in [-0.3, -0.25) is 4.90 Å². The van der Waals surface area contributed by atoms with E-state index in [4.69, 9.17) is 4.74 Å². The third kappa shape index (κ3) is 5.62. The maximum Gasteiger partial charge on any atom is 0.243 e. The Kier molecular flexibility index (Phi) is 8.42. The molecule has 1 saturated heterocycles. The molecule has 1 heterocycles. The van der Waals surface area contributed by atoms with Gasteiger partial charge >= 0.3 is 0 Å². The first-order chi connectivity index (χ1) is 17.6. The molecule has 5 nitrogen and oxygen atoms in total. The standard InChI is InChI=1S/C31H40N2O3S/c1-22-11-7-8-12-30(22)37(34,35)32(5)19-9-10-20-33-24(3)31(25(33)4)27-15-13-26(14-16-27)29-18-17-28(36-6)21-23(29)2/h7-8,11-18,21,24-25,31H,9-10,19-20H2,1-6H3. The largest absolute Gasteiger partial charge is 0.497 e. The Balaban J connectivity index is 1.29. The van der Waals surface area contributed by atoms with Crippen molar-refractivity contribution in [3.63, 3.8) is 0 Å². The van der Waals surface area contributed by atoms with Crippen molar-refractivity contribution in [1.29, 1.82) is 0 Å². The number of nitrogens with zero attached hydrogens (tertiary/aromatic N) is 2. The van der Waals surface area contributed by atoms with E-state index in [0.29, 0.717) is 29.4 Å². The van der Waals surface area contributed by atoms with Crippen molar-refractivity contribution in [2.24, 2.45) is 0 Å². The minimum Gasteiger partial charge on any atom is -0.497 e. The average Bonchev–Trinajstić information content (AvgIpc) is 2.89. The van der Waals surface area contributed by atoms with Gasteiger partial charge in [0, 0.05) is 31.6 Å². The van der Waals surface area contributed by atoms with Crippen LogP contribution in [0.2, 0.25) is 0 Å². The van der Waals surface area contributed by atoms with Crippen LogP contribution >= 0.6 is 0 Å².